The van der Waals surface area contributed by atoms with Crippen LogP contribution in [0.4, 0.5) is 0 Å². The lowest BCUT2D eigenvalue weighted by Crippen LogP contribution is -2.22. The fourth-order valence-electron chi connectivity index (χ4n) is 2.60. The Morgan fingerprint density at radius 1 is 1.29 bits per heavy atom. The lowest BCUT2D eigenvalue weighted by molar-refractivity contribution is 0.563. The Bertz CT molecular complexity index is 762. The molecule has 3 aromatic rings. The van der Waals surface area contributed by atoms with Gasteiger partial charge in [0, 0.05) is 24.5 Å². The second kappa shape index (κ2) is 5.91. The number of para-hydroxylation sites is 1. The third-order valence-electron chi connectivity index (χ3n) is 3.54. The van der Waals surface area contributed by atoms with Gasteiger partial charge in [0.15, 0.2) is 0 Å². The largest absolute Gasteiger partial charge is 0.308 e. The Balaban J connectivity index is 2.21. The molecule has 0 radical (unpaired) electrons. The predicted octanol–water partition coefficient (Wildman–Crippen LogP) is 2.92. The molecule has 0 fully saturated rings. The fraction of sp³-hybridized carbons (Fsp3) is 0.267. The van der Waals surface area contributed by atoms with Crippen molar-refractivity contribution in [2.24, 2.45) is 0 Å². The molecule has 0 aliphatic carbocycles. The summed E-state index contributed by atoms with van der Waals surface area (Å²) in [4.78, 5) is 8.88. The molecule has 1 N–H and O–H groups in total. The van der Waals surface area contributed by atoms with Gasteiger partial charge in [0.25, 0.3) is 0 Å². The van der Waals surface area contributed by atoms with Crippen LogP contribution in [-0.4, -0.2) is 26.8 Å². The van der Waals surface area contributed by atoms with E-state index in [0.717, 1.165) is 33.3 Å². The molecule has 0 bridgehead atoms. The molecule has 0 saturated carbocycles. The smallest absolute Gasteiger partial charge is 0.0938 e. The van der Waals surface area contributed by atoms with E-state index in [1.807, 2.05) is 30.1 Å². The van der Waals surface area contributed by atoms with E-state index in [2.05, 4.69) is 49.3 Å². The Kier molecular flexibility index (Phi) is 3.98. The van der Waals surface area contributed by atoms with Crippen LogP contribution in [0.3, 0.4) is 0 Å². The number of rotatable bonds is 4. The van der Waals surface area contributed by atoms with Gasteiger partial charge in [0.2, 0.25) is 0 Å². The average Bonchev–Trinajstić information content (AvgIpc) is 2.90. The molecule has 108 valence electrons. The molecule has 0 aliphatic heterocycles. The van der Waals surface area contributed by atoms with E-state index in [-0.39, 0.29) is 6.04 Å². The number of aromatic nitrogens is 4. The van der Waals surface area contributed by atoms with Crippen LogP contribution >= 0.6 is 15.9 Å². The van der Waals surface area contributed by atoms with Gasteiger partial charge < -0.3 is 5.32 Å². The van der Waals surface area contributed by atoms with E-state index < -0.39 is 0 Å². The molecule has 0 amide bonds. The van der Waals surface area contributed by atoms with Crippen LogP contribution in [0.2, 0.25) is 0 Å². The highest BCUT2D eigenvalue weighted by Crippen LogP contribution is 2.31. The van der Waals surface area contributed by atoms with Crippen molar-refractivity contribution in [3.63, 3.8) is 0 Å². The van der Waals surface area contributed by atoms with Gasteiger partial charge in [-0.3, -0.25) is 14.6 Å². The molecule has 6 heteroatoms. The summed E-state index contributed by atoms with van der Waals surface area (Å²) in [5, 5.41) is 7.77. The molecule has 0 spiro atoms. The highest BCUT2D eigenvalue weighted by molar-refractivity contribution is 9.10. The Morgan fingerprint density at radius 3 is 2.86 bits per heavy atom. The van der Waals surface area contributed by atoms with Crippen molar-refractivity contribution >= 4 is 27.0 Å². The fourth-order valence-corrected chi connectivity index (χ4v) is 3.12. The zero-order valence-corrected chi connectivity index (χ0v) is 13.5. The Morgan fingerprint density at radius 2 is 2.10 bits per heavy atom. The summed E-state index contributed by atoms with van der Waals surface area (Å²) in [7, 11) is 1.94. The Hall–Kier alpha value is -1.79. The normalized spacial score (nSPS) is 12.7. The quantitative estimate of drug-likeness (QED) is 0.789. The van der Waals surface area contributed by atoms with Crippen molar-refractivity contribution in [3.05, 3.63) is 52.5 Å². The molecule has 0 aliphatic rings. The first kappa shape index (κ1) is 14.2. The van der Waals surface area contributed by atoms with Gasteiger partial charge in [0.1, 0.15) is 0 Å². The summed E-state index contributed by atoms with van der Waals surface area (Å²) < 4.78 is 2.98. The summed E-state index contributed by atoms with van der Waals surface area (Å²) in [6, 6.07) is 6.07. The monoisotopic (exact) mass is 345 g/mol. The first-order chi connectivity index (χ1) is 10.3. The molecule has 2 aromatic heterocycles. The third kappa shape index (κ3) is 2.45. The number of nitrogens with one attached hydrogen (secondary N) is 1. The molecular formula is C15H16BrN5. The molecule has 2 heterocycles. The topological polar surface area (TPSA) is 55.6 Å². The summed E-state index contributed by atoms with van der Waals surface area (Å²) in [6.45, 7) is 2.90. The number of halogens is 1. The molecule has 0 saturated heterocycles. The summed E-state index contributed by atoms with van der Waals surface area (Å²) >= 11 is 3.60. The lowest BCUT2D eigenvalue weighted by atomic mass is 10.0. The molecule has 1 atom stereocenters. The highest BCUT2D eigenvalue weighted by atomic mass is 79.9. The van der Waals surface area contributed by atoms with Gasteiger partial charge >= 0.3 is 0 Å². The van der Waals surface area contributed by atoms with Crippen LogP contribution < -0.4 is 5.32 Å². The van der Waals surface area contributed by atoms with Crippen molar-refractivity contribution in [2.75, 3.05) is 7.05 Å². The Labute approximate surface area is 131 Å². The number of fused-ring (bicyclic) bond motifs is 1. The molecule has 5 nitrogen and oxygen atoms in total. The van der Waals surface area contributed by atoms with Gasteiger partial charge in [0.05, 0.1) is 33.4 Å². The number of benzene rings is 1. The maximum Gasteiger partial charge on any atom is 0.0938 e. The maximum atomic E-state index is 4.50. The lowest BCUT2D eigenvalue weighted by Gasteiger charge is -2.19. The van der Waals surface area contributed by atoms with Crippen molar-refractivity contribution in [2.45, 2.75) is 19.5 Å². The second-order valence-corrected chi connectivity index (χ2v) is 5.54. The third-order valence-corrected chi connectivity index (χ3v) is 4.15. The van der Waals surface area contributed by atoms with Crippen LogP contribution in [0.25, 0.3) is 11.0 Å². The number of hydrogen-bond acceptors (Lipinski definition) is 4. The van der Waals surface area contributed by atoms with E-state index in [4.69, 9.17) is 0 Å². The number of aryl methyl sites for hydroxylation is 1. The van der Waals surface area contributed by atoms with Crippen LogP contribution in [0.5, 0.6) is 0 Å². The second-order valence-electron chi connectivity index (χ2n) is 4.69. The van der Waals surface area contributed by atoms with Crippen LogP contribution in [-0.2, 0) is 6.54 Å². The average molecular weight is 346 g/mol. The zero-order valence-electron chi connectivity index (χ0n) is 11.9. The van der Waals surface area contributed by atoms with Crippen molar-refractivity contribution in [1.29, 1.82) is 0 Å². The van der Waals surface area contributed by atoms with E-state index in [1.54, 1.807) is 12.4 Å². The van der Waals surface area contributed by atoms with Crippen LogP contribution in [0.15, 0.2) is 41.3 Å². The van der Waals surface area contributed by atoms with E-state index in [1.165, 1.54) is 0 Å². The number of hydrogen-bond donors (Lipinski definition) is 1. The summed E-state index contributed by atoms with van der Waals surface area (Å²) in [5.41, 5.74) is 4.00. The maximum absolute atomic E-state index is 4.50. The minimum atomic E-state index is 0.00206. The van der Waals surface area contributed by atoms with Crippen LogP contribution in [0.1, 0.15) is 24.2 Å². The van der Waals surface area contributed by atoms with Gasteiger partial charge in [-0.15, -0.1) is 0 Å². The first-order valence-corrected chi connectivity index (χ1v) is 7.63. The molecular weight excluding hydrogens is 330 g/mol. The standard InChI is InChI=1S/C15H16BrN5/c1-3-21-15(11(16)9-20-21)14(17-2)10-5-4-6-12-13(10)19-8-7-18-12/h4-9,14,17H,3H2,1-2H3. The van der Waals surface area contributed by atoms with Gasteiger partial charge in [-0.1, -0.05) is 12.1 Å². The molecule has 3 rings (SSSR count). The first-order valence-electron chi connectivity index (χ1n) is 6.84. The molecule has 1 unspecified atom stereocenters. The molecule has 21 heavy (non-hydrogen) atoms. The zero-order chi connectivity index (χ0) is 14.8. The number of nitrogens with zero attached hydrogens (tertiary/aromatic N) is 4. The molecule has 1 aromatic carbocycles. The van der Waals surface area contributed by atoms with Gasteiger partial charge in [-0.25, -0.2) is 0 Å². The SMILES string of the molecule is CCn1ncc(Br)c1C(NC)c1cccc2nccnc12. The van der Waals surface area contributed by atoms with E-state index in [9.17, 15) is 0 Å². The van der Waals surface area contributed by atoms with Gasteiger partial charge in [-0.2, -0.15) is 5.10 Å². The minimum absolute atomic E-state index is 0.00206. The summed E-state index contributed by atoms with van der Waals surface area (Å²) in [6.07, 6.45) is 5.28. The van der Waals surface area contributed by atoms with Crippen LogP contribution in [0, 0.1) is 0 Å². The van der Waals surface area contributed by atoms with Crippen molar-refractivity contribution < 1.29 is 0 Å². The van der Waals surface area contributed by atoms with E-state index >= 15 is 0 Å². The van der Waals surface area contributed by atoms with E-state index in [0.29, 0.717) is 0 Å². The van der Waals surface area contributed by atoms with Crippen molar-refractivity contribution in [1.82, 2.24) is 25.1 Å². The van der Waals surface area contributed by atoms with Crippen molar-refractivity contribution in [3.8, 4) is 0 Å². The predicted molar refractivity (Wildman–Crippen MR) is 86.0 cm³/mol. The highest BCUT2D eigenvalue weighted by Gasteiger charge is 2.22. The van der Waals surface area contributed by atoms with Gasteiger partial charge in [-0.05, 0) is 36.0 Å². The minimum Gasteiger partial charge on any atom is -0.308 e. The summed E-state index contributed by atoms with van der Waals surface area (Å²) in [5.74, 6) is 0.